The second-order valence-electron chi connectivity index (χ2n) is 4.74. The van der Waals surface area contributed by atoms with E-state index in [0.29, 0.717) is 0 Å². The van der Waals surface area contributed by atoms with Crippen molar-refractivity contribution in [2.75, 3.05) is 0 Å². The minimum atomic E-state index is -1.72. The van der Waals surface area contributed by atoms with E-state index < -0.39 is 34.6 Å². The van der Waals surface area contributed by atoms with Gasteiger partial charge in [0.05, 0.1) is 11.5 Å². The van der Waals surface area contributed by atoms with E-state index in [-0.39, 0.29) is 41.1 Å². The fraction of sp³-hybridized carbons (Fsp3) is 0. The zero-order chi connectivity index (χ0) is 16.0. The van der Waals surface area contributed by atoms with Crippen LogP contribution in [0.2, 0.25) is 0 Å². The molecule has 0 unspecified atom stereocenters. The topological polar surface area (TPSA) is 112 Å². The molecule has 0 saturated carbocycles. The molecule has 1 aliphatic carbocycles. The molecule has 0 radical (unpaired) electrons. The molecule has 0 amide bonds. The van der Waals surface area contributed by atoms with Gasteiger partial charge in [0.1, 0.15) is 0 Å². The van der Waals surface area contributed by atoms with Crippen LogP contribution in [0.25, 0.3) is 0 Å². The maximum absolute atomic E-state index is 12.4. The number of benzene rings is 2. The van der Waals surface area contributed by atoms with Crippen LogP contribution in [0.5, 0.6) is 0 Å². The molecule has 2 aromatic rings. The van der Waals surface area contributed by atoms with Gasteiger partial charge in [-0.1, -0.05) is 24.3 Å². The van der Waals surface area contributed by atoms with Crippen molar-refractivity contribution in [1.82, 2.24) is 0 Å². The second kappa shape index (κ2) is 5.84. The minimum absolute atomic E-state index is 0. The van der Waals surface area contributed by atoms with E-state index in [1.807, 2.05) is 0 Å². The largest absolute Gasteiger partial charge is 1.00 e. The third-order valence-electron chi connectivity index (χ3n) is 3.51. The van der Waals surface area contributed by atoms with Gasteiger partial charge in [0.25, 0.3) is 0 Å². The molecule has 3 rings (SSSR count). The normalized spacial score (nSPS) is 12.0. The monoisotopic (exact) mass is 302 g/mol. The van der Waals surface area contributed by atoms with Gasteiger partial charge in [0.2, 0.25) is 0 Å². The number of hydrogen-bond acceptors (Lipinski definition) is 5. The van der Waals surface area contributed by atoms with Crippen molar-refractivity contribution < 1.29 is 48.3 Å². The predicted octanol–water partition coefficient (Wildman–Crippen LogP) is -2.47. The van der Waals surface area contributed by atoms with E-state index in [2.05, 4.69) is 0 Å². The first-order valence-corrected chi connectivity index (χ1v) is 6.23. The maximum Gasteiger partial charge on any atom is 1.00 e. The molecule has 1 N–H and O–H groups in total. The van der Waals surface area contributed by atoms with Crippen LogP contribution >= 0.6 is 0 Å². The Morgan fingerprint density at radius 2 is 1.26 bits per heavy atom. The first-order chi connectivity index (χ1) is 10.4. The van der Waals surface area contributed by atoms with Crippen molar-refractivity contribution in [3.8, 4) is 0 Å². The SMILES string of the molecule is O=C([O-])c1cc2c(cc1C(=O)O)C(=O)c1ccccc1C2=O.[Li+]. The van der Waals surface area contributed by atoms with Gasteiger partial charge in [-0.15, -0.1) is 0 Å². The van der Waals surface area contributed by atoms with E-state index >= 15 is 0 Å². The number of carboxylic acids is 2. The van der Waals surface area contributed by atoms with Gasteiger partial charge in [-0.25, -0.2) is 4.79 Å². The van der Waals surface area contributed by atoms with Gasteiger partial charge in [0, 0.05) is 27.8 Å². The number of rotatable bonds is 2. The third-order valence-corrected chi connectivity index (χ3v) is 3.51. The van der Waals surface area contributed by atoms with Crippen LogP contribution in [-0.4, -0.2) is 28.6 Å². The maximum atomic E-state index is 12.4. The quantitative estimate of drug-likeness (QED) is 0.525. The van der Waals surface area contributed by atoms with Crippen LogP contribution in [0.3, 0.4) is 0 Å². The Kier molecular flexibility index (Phi) is 4.24. The molecule has 1 aliphatic rings. The van der Waals surface area contributed by atoms with Gasteiger partial charge in [-0.3, -0.25) is 9.59 Å². The summed E-state index contributed by atoms with van der Waals surface area (Å²) in [6.07, 6.45) is 0. The van der Waals surface area contributed by atoms with Crippen molar-refractivity contribution in [3.05, 3.63) is 69.8 Å². The van der Waals surface area contributed by atoms with Crippen LogP contribution in [-0.2, 0) is 0 Å². The first kappa shape index (κ1) is 16.7. The second-order valence-corrected chi connectivity index (χ2v) is 4.74. The average Bonchev–Trinajstić information content (AvgIpc) is 2.51. The number of ketones is 2. The Morgan fingerprint density at radius 3 is 1.65 bits per heavy atom. The van der Waals surface area contributed by atoms with Gasteiger partial charge in [0.15, 0.2) is 11.6 Å². The summed E-state index contributed by atoms with van der Waals surface area (Å²) in [5.41, 5.74) is -1.14. The smallest absolute Gasteiger partial charge is 0.545 e. The molecule has 0 atom stereocenters. The van der Waals surface area contributed by atoms with Crippen LogP contribution in [0.4, 0.5) is 0 Å². The predicted molar refractivity (Wildman–Crippen MR) is 71.0 cm³/mol. The summed E-state index contributed by atoms with van der Waals surface area (Å²) in [4.78, 5) is 47.0. The Labute approximate surface area is 141 Å². The molecule has 2 aromatic carbocycles. The van der Waals surface area contributed by atoms with Gasteiger partial charge >= 0.3 is 24.8 Å². The molecule has 0 bridgehead atoms. The van der Waals surface area contributed by atoms with Crippen molar-refractivity contribution in [1.29, 1.82) is 0 Å². The summed E-state index contributed by atoms with van der Waals surface area (Å²) < 4.78 is 0. The zero-order valence-corrected chi connectivity index (χ0v) is 12.0. The number of carboxylic acid groups (broad SMARTS) is 2. The summed E-state index contributed by atoms with van der Waals surface area (Å²) in [6.45, 7) is 0. The standard InChI is InChI=1S/C16H8O6.Li/c17-13-7-3-1-2-4-8(7)14(18)10-6-12(16(21)22)11(15(19)20)5-9(10)13;/h1-6H,(H,19,20)(H,21,22);/q;+1/p-1. The first-order valence-electron chi connectivity index (χ1n) is 6.23. The zero-order valence-electron chi connectivity index (χ0n) is 12.0. The van der Waals surface area contributed by atoms with E-state index in [9.17, 15) is 24.3 Å². The summed E-state index contributed by atoms with van der Waals surface area (Å²) in [5, 5.41) is 20.2. The molecular weight excluding hydrogens is 295 g/mol. The third kappa shape index (κ3) is 2.48. The number of aromatic carboxylic acids is 2. The van der Waals surface area contributed by atoms with Crippen molar-refractivity contribution in [2.45, 2.75) is 0 Å². The van der Waals surface area contributed by atoms with E-state index in [1.54, 1.807) is 12.1 Å². The molecule has 0 aromatic heterocycles. The van der Waals surface area contributed by atoms with E-state index in [4.69, 9.17) is 5.11 Å². The van der Waals surface area contributed by atoms with Gasteiger partial charge in [-0.2, -0.15) is 0 Å². The molecule has 0 spiro atoms. The molecular formula is C16H7LiO6. The molecule has 0 heterocycles. The molecule has 0 aliphatic heterocycles. The molecule has 108 valence electrons. The van der Waals surface area contributed by atoms with Crippen molar-refractivity contribution in [3.63, 3.8) is 0 Å². The Hall–Kier alpha value is -2.68. The van der Waals surface area contributed by atoms with Crippen molar-refractivity contribution in [2.24, 2.45) is 0 Å². The summed E-state index contributed by atoms with van der Waals surface area (Å²) >= 11 is 0. The number of carbonyl (C=O) groups excluding carboxylic acids is 3. The molecule has 7 heteroatoms. The van der Waals surface area contributed by atoms with Crippen LogP contribution in [0.15, 0.2) is 36.4 Å². The molecule has 23 heavy (non-hydrogen) atoms. The Bertz CT molecular complexity index is 812. The van der Waals surface area contributed by atoms with Gasteiger partial charge < -0.3 is 15.0 Å². The van der Waals surface area contributed by atoms with Gasteiger partial charge in [-0.05, 0) is 12.1 Å². The summed E-state index contributed by atoms with van der Waals surface area (Å²) in [6, 6.07) is 7.90. The fourth-order valence-corrected chi connectivity index (χ4v) is 2.49. The molecule has 6 nitrogen and oxygen atoms in total. The van der Waals surface area contributed by atoms with Crippen LogP contribution < -0.4 is 24.0 Å². The minimum Gasteiger partial charge on any atom is -0.545 e. The van der Waals surface area contributed by atoms with Crippen LogP contribution in [0, 0.1) is 0 Å². The molecule has 0 fully saturated rings. The number of hydrogen-bond donors (Lipinski definition) is 1. The Balaban J connectivity index is 0.00000192. The van der Waals surface area contributed by atoms with E-state index in [1.165, 1.54) is 12.1 Å². The average molecular weight is 302 g/mol. The fourth-order valence-electron chi connectivity index (χ4n) is 2.49. The molecule has 0 saturated heterocycles. The van der Waals surface area contributed by atoms with Crippen LogP contribution in [0.1, 0.15) is 52.6 Å². The van der Waals surface area contributed by atoms with E-state index in [0.717, 1.165) is 12.1 Å². The number of carbonyl (C=O) groups is 4. The number of fused-ring (bicyclic) bond motifs is 2. The van der Waals surface area contributed by atoms with Crippen molar-refractivity contribution >= 4 is 23.5 Å². The summed E-state index contributed by atoms with van der Waals surface area (Å²) in [7, 11) is 0. The Morgan fingerprint density at radius 1 is 0.826 bits per heavy atom. The summed E-state index contributed by atoms with van der Waals surface area (Å²) in [5.74, 6) is -4.28.